The molecule has 12 heteroatoms. The third-order valence-corrected chi connectivity index (χ3v) is 5.96. The van der Waals surface area contributed by atoms with Crippen LogP contribution in [0.15, 0.2) is 36.8 Å². The van der Waals surface area contributed by atoms with Crippen molar-refractivity contribution in [1.29, 1.82) is 0 Å². The summed E-state index contributed by atoms with van der Waals surface area (Å²) < 4.78 is 0. The number of nitrogens with zero attached hydrogens (tertiary/aromatic N) is 1. The van der Waals surface area contributed by atoms with E-state index in [4.69, 9.17) is 5.73 Å². The molecule has 8 N–H and O–H groups in total. The first kappa shape index (κ1) is 30.3. The number of aromatic amines is 1. The van der Waals surface area contributed by atoms with Gasteiger partial charge in [0.25, 0.3) is 0 Å². The minimum absolute atomic E-state index is 0.0160. The summed E-state index contributed by atoms with van der Waals surface area (Å²) >= 11 is 0. The van der Waals surface area contributed by atoms with Crippen LogP contribution in [0.4, 0.5) is 0 Å². The number of nitrogens with two attached hydrogens (primary N) is 1. The second-order valence-electron chi connectivity index (χ2n) is 10.1. The van der Waals surface area contributed by atoms with Crippen molar-refractivity contribution in [2.45, 2.75) is 71.1 Å². The van der Waals surface area contributed by atoms with Crippen LogP contribution >= 0.6 is 0 Å². The largest absolute Gasteiger partial charge is 0.508 e. The minimum Gasteiger partial charge on any atom is -0.508 e. The summed E-state index contributed by atoms with van der Waals surface area (Å²) in [5.41, 5.74) is 7.08. The molecule has 0 radical (unpaired) electrons. The lowest BCUT2D eigenvalue weighted by Crippen LogP contribution is -2.58. The molecule has 0 aliphatic rings. The fourth-order valence-electron chi connectivity index (χ4n) is 3.71. The van der Waals surface area contributed by atoms with Crippen LogP contribution in [-0.2, 0) is 32.0 Å². The van der Waals surface area contributed by atoms with Gasteiger partial charge in [0.2, 0.25) is 17.7 Å². The van der Waals surface area contributed by atoms with Crippen LogP contribution in [-0.4, -0.2) is 68.0 Å². The maximum absolute atomic E-state index is 13.3. The van der Waals surface area contributed by atoms with Gasteiger partial charge in [-0.25, -0.2) is 9.78 Å². The zero-order chi connectivity index (χ0) is 28.4. The molecule has 12 nitrogen and oxygen atoms in total. The number of carboxylic acids is 1. The molecule has 2 rings (SSSR count). The summed E-state index contributed by atoms with van der Waals surface area (Å²) in [7, 11) is 0. The van der Waals surface area contributed by atoms with Gasteiger partial charge in [-0.2, -0.15) is 0 Å². The first-order chi connectivity index (χ1) is 17.9. The summed E-state index contributed by atoms with van der Waals surface area (Å²) in [6, 6.07) is 1.86. The second kappa shape index (κ2) is 14.1. The van der Waals surface area contributed by atoms with Crippen LogP contribution in [0.3, 0.4) is 0 Å². The molecular weight excluding hydrogens is 492 g/mol. The van der Waals surface area contributed by atoms with Gasteiger partial charge in [0.15, 0.2) is 0 Å². The Morgan fingerprint density at radius 1 is 0.895 bits per heavy atom. The van der Waals surface area contributed by atoms with Gasteiger partial charge in [-0.05, 0) is 36.0 Å². The Morgan fingerprint density at radius 3 is 2.00 bits per heavy atom. The van der Waals surface area contributed by atoms with Crippen LogP contribution in [0.1, 0.15) is 45.4 Å². The van der Waals surface area contributed by atoms with Crippen LogP contribution < -0.4 is 21.7 Å². The number of carboxylic acid groups (broad SMARTS) is 1. The number of imidazole rings is 1. The Hall–Kier alpha value is -3.93. The highest BCUT2D eigenvalue weighted by Gasteiger charge is 2.31. The Morgan fingerprint density at radius 2 is 1.47 bits per heavy atom. The lowest BCUT2D eigenvalue weighted by molar-refractivity contribution is -0.142. The zero-order valence-corrected chi connectivity index (χ0v) is 22.1. The molecule has 0 aliphatic carbocycles. The predicted octanol–water partition coefficient (Wildman–Crippen LogP) is 0.469. The summed E-state index contributed by atoms with van der Waals surface area (Å²) in [5, 5.41) is 27.1. The third-order valence-electron chi connectivity index (χ3n) is 5.96. The number of aliphatic carboxylic acids is 1. The number of amides is 3. The molecule has 208 valence electrons. The van der Waals surface area contributed by atoms with Gasteiger partial charge in [0, 0.05) is 24.7 Å². The molecule has 0 bridgehead atoms. The highest BCUT2D eigenvalue weighted by molar-refractivity contribution is 5.94. The normalized spacial score (nSPS) is 14.4. The molecule has 0 fully saturated rings. The van der Waals surface area contributed by atoms with Gasteiger partial charge in [-0.1, -0.05) is 39.8 Å². The van der Waals surface area contributed by atoms with Gasteiger partial charge < -0.3 is 36.9 Å². The number of hydrogen-bond acceptors (Lipinski definition) is 7. The Labute approximate surface area is 221 Å². The molecule has 38 heavy (non-hydrogen) atoms. The molecule has 0 aliphatic heterocycles. The number of phenols is 1. The van der Waals surface area contributed by atoms with Crippen molar-refractivity contribution >= 4 is 23.7 Å². The van der Waals surface area contributed by atoms with Gasteiger partial charge in [-0.3, -0.25) is 14.4 Å². The van der Waals surface area contributed by atoms with E-state index in [1.807, 2.05) is 13.8 Å². The van der Waals surface area contributed by atoms with E-state index in [0.29, 0.717) is 17.7 Å². The SMILES string of the molecule is CC(C)CC(NC(=O)C(N)C(C)C)C(=O)NC(Cc1ccc(O)cc1)C(=O)NC(Cc1cnc[nH]1)C(=O)O. The number of aromatic nitrogens is 2. The molecule has 0 saturated carbocycles. The fraction of sp³-hybridized carbons (Fsp3) is 0.500. The van der Waals surface area contributed by atoms with Crippen molar-refractivity contribution in [3.63, 3.8) is 0 Å². The average Bonchev–Trinajstić information content (AvgIpc) is 3.36. The monoisotopic (exact) mass is 530 g/mol. The fourth-order valence-corrected chi connectivity index (χ4v) is 3.71. The summed E-state index contributed by atoms with van der Waals surface area (Å²) in [4.78, 5) is 57.7. The molecule has 0 saturated heterocycles. The maximum atomic E-state index is 13.3. The summed E-state index contributed by atoms with van der Waals surface area (Å²) in [6.07, 6.45) is 3.13. The first-order valence-electron chi connectivity index (χ1n) is 12.5. The molecule has 1 aromatic carbocycles. The van der Waals surface area contributed by atoms with Gasteiger partial charge in [-0.15, -0.1) is 0 Å². The third kappa shape index (κ3) is 9.51. The molecule has 2 aromatic rings. The molecule has 1 heterocycles. The van der Waals surface area contributed by atoms with E-state index in [-0.39, 0.29) is 30.4 Å². The van der Waals surface area contributed by atoms with E-state index >= 15 is 0 Å². The quantitative estimate of drug-likeness (QED) is 0.183. The van der Waals surface area contributed by atoms with Crippen LogP contribution in [0.25, 0.3) is 0 Å². The minimum atomic E-state index is -1.28. The Bertz CT molecular complexity index is 1070. The topological polar surface area (TPSA) is 200 Å². The average molecular weight is 531 g/mol. The van der Waals surface area contributed by atoms with Crippen molar-refractivity contribution in [2.75, 3.05) is 0 Å². The van der Waals surface area contributed by atoms with Crippen molar-refractivity contribution < 1.29 is 29.4 Å². The number of carbonyl (C=O) groups is 4. The number of rotatable bonds is 14. The van der Waals surface area contributed by atoms with Crippen LogP contribution in [0.5, 0.6) is 5.75 Å². The highest BCUT2D eigenvalue weighted by atomic mass is 16.4. The van der Waals surface area contributed by atoms with E-state index in [9.17, 15) is 29.4 Å². The number of aromatic hydroxyl groups is 1. The standard InChI is InChI=1S/C26H38N6O6/c1-14(2)9-19(31-25(36)22(27)15(3)4)23(34)30-20(10-16-5-7-18(33)8-6-16)24(35)32-21(26(37)38)11-17-12-28-13-29-17/h5-8,12-15,19-22,33H,9-11,27H2,1-4H3,(H,28,29)(H,30,34)(H,31,36)(H,32,35)(H,37,38). The molecule has 4 unspecified atom stereocenters. The maximum Gasteiger partial charge on any atom is 0.326 e. The van der Waals surface area contributed by atoms with E-state index in [1.165, 1.54) is 24.7 Å². The molecule has 3 amide bonds. The lowest BCUT2D eigenvalue weighted by Gasteiger charge is -2.26. The number of hydrogen-bond donors (Lipinski definition) is 7. The van der Waals surface area contributed by atoms with Gasteiger partial charge >= 0.3 is 5.97 Å². The number of benzene rings is 1. The molecule has 0 spiro atoms. The number of nitrogens with one attached hydrogen (secondary N) is 4. The summed E-state index contributed by atoms with van der Waals surface area (Å²) in [6.45, 7) is 7.37. The van der Waals surface area contributed by atoms with Gasteiger partial charge in [0.1, 0.15) is 23.9 Å². The predicted molar refractivity (Wildman–Crippen MR) is 140 cm³/mol. The Kier molecular flexibility index (Phi) is 11.3. The van der Waals surface area contributed by atoms with E-state index in [2.05, 4.69) is 25.9 Å². The summed E-state index contributed by atoms with van der Waals surface area (Å²) in [5.74, 6) is -3.12. The van der Waals surface area contributed by atoms with Crippen LogP contribution in [0.2, 0.25) is 0 Å². The number of phenolic OH excluding ortho intramolecular Hbond substituents is 1. The lowest BCUT2D eigenvalue weighted by atomic mass is 9.99. The smallest absolute Gasteiger partial charge is 0.326 e. The van der Waals surface area contributed by atoms with Crippen molar-refractivity contribution in [2.24, 2.45) is 17.6 Å². The highest BCUT2D eigenvalue weighted by Crippen LogP contribution is 2.13. The number of H-pyrrole nitrogens is 1. The van der Waals surface area contributed by atoms with Crippen molar-refractivity contribution in [3.8, 4) is 5.75 Å². The van der Waals surface area contributed by atoms with Crippen LogP contribution in [0, 0.1) is 11.8 Å². The molecular formula is C26H38N6O6. The molecule has 4 atom stereocenters. The molecule has 1 aromatic heterocycles. The van der Waals surface area contributed by atoms with E-state index in [1.54, 1.807) is 26.0 Å². The van der Waals surface area contributed by atoms with Crippen molar-refractivity contribution in [3.05, 3.63) is 48.0 Å². The second-order valence-corrected chi connectivity index (χ2v) is 10.1. The van der Waals surface area contributed by atoms with E-state index in [0.717, 1.165) is 0 Å². The first-order valence-corrected chi connectivity index (χ1v) is 12.5. The number of carbonyl (C=O) groups excluding carboxylic acids is 3. The zero-order valence-electron chi connectivity index (χ0n) is 22.1. The Balaban J connectivity index is 2.26. The van der Waals surface area contributed by atoms with E-state index < -0.39 is 47.9 Å². The van der Waals surface area contributed by atoms with Gasteiger partial charge in [0.05, 0.1) is 12.4 Å². The van der Waals surface area contributed by atoms with Crippen molar-refractivity contribution in [1.82, 2.24) is 25.9 Å².